The minimum absolute atomic E-state index is 0.0937. The first-order valence-corrected chi connectivity index (χ1v) is 9.20. The number of aryl methyl sites for hydroxylation is 1. The van der Waals surface area contributed by atoms with Gasteiger partial charge in [0.2, 0.25) is 5.91 Å². The zero-order valence-electron chi connectivity index (χ0n) is 12.9. The van der Waals surface area contributed by atoms with Crippen LogP contribution in [0.15, 0.2) is 41.3 Å². The van der Waals surface area contributed by atoms with Crippen molar-refractivity contribution >= 4 is 50.1 Å². The van der Waals surface area contributed by atoms with E-state index in [-0.39, 0.29) is 10.8 Å². The van der Waals surface area contributed by atoms with Crippen LogP contribution in [-0.2, 0) is 14.8 Å². The minimum atomic E-state index is -3.78. The number of amides is 1. The van der Waals surface area contributed by atoms with Crippen molar-refractivity contribution in [2.75, 3.05) is 10.0 Å². The Hall–Kier alpha value is -2.52. The van der Waals surface area contributed by atoms with E-state index in [9.17, 15) is 13.2 Å². The molecule has 0 aliphatic rings. The third kappa shape index (κ3) is 3.22. The summed E-state index contributed by atoms with van der Waals surface area (Å²) in [6.45, 7) is 3.19. The van der Waals surface area contributed by atoms with Gasteiger partial charge in [0.05, 0.1) is 22.3 Å². The molecule has 2 aromatic carbocycles. The number of rotatable bonds is 4. The van der Waals surface area contributed by atoms with Crippen molar-refractivity contribution in [1.29, 1.82) is 0 Å². The molecular formula is C15H14N4O3S2. The Balaban J connectivity index is 1.94. The lowest BCUT2D eigenvalue weighted by molar-refractivity contribution is -0.114. The molecule has 0 spiro atoms. The molecule has 3 rings (SSSR count). The third-order valence-corrected chi connectivity index (χ3v) is 5.27. The van der Waals surface area contributed by atoms with Gasteiger partial charge in [-0.2, -0.15) is 8.75 Å². The fourth-order valence-corrected chi connectivity index (χ4v) is 3.88. The highest BCUT2D eigenvalue weighted by Gasteiger charge is 2.18. The monoisotopic (exact) mass is 362 g/mol. The van der Waals surface area contributed by atoms with E-state index in [2.05, 4.69) is 18.8 Å². The van der Waals surface area contributed by atoms with Crippen molar-refractivity contribution in [3.05, 3.63) is 42.0 Å². The van der Waals surface area contributed by atoms with E-state index in [0.29, 0.717) is 22.4 Å². The van der Waals surface area contributed by atoms with Crippen LogP contribution in [0.5, 0.6) is 0 Å². The van der Waals surface area contributed by atoms with Crippen LogP contribution in [0.4, 0.5) is 11.4 Å². The third-order valence-electron chi connectivity index (χ3n) is 3.36. The molecule has 7 nitrogen and oxygen atoms in total. The average Bonchev–Trinajstić information content (AvgIpc) is 2.99. The van der Waals surface area contributed by atoms with Crippen LogP contribution in [0.2, 0.25) is 0 Å². The highest BCUT2D eigenvalue weighted by molar-refractivity contribution is 7.92. The minimum Gasteiger partial charge on any atom is -0.326 e. The van der Waals surface area contributed by atoms with Gasteiger partial charge in [-0.1, -0.05) is 6.07 Å². The van der Waals surface area contributed by atoms with Gasteiger partial charge < -0.3 is 5.32 Å². The van der Waals surface area contributed by atoms with Crippen molar-refractivity contribution in [1.82, 2.24) is 8.75 Å². The molecule has 0 atom stereocenters. The van der Waals surface area contributed by atoms with Gasteiger partial charge in [-0.05, 0) is 42.8 Å². The second-order valence-electron chi connectivity index (χ2n) is 5.20. The average molecular weight is 362 g/mol. The van der Waals surface area contributed by atoms with E-state index in [1.807, 2.05) is 0 Å². The van der Waals surface area contributed by atoms with Gasteiger partial charge in [-0.25, -0.2) is 8.42 Å². The Morgan fingerprint density at radius 3 is 2.46 bits per heavy atom. The molecular weight excluding hydrogens is 348 g/mol. The molecule has 3 aromatic rings. The van der Waals surface area contributed by atoms with Crippen LogP contribution >= 0.6 is 11.7 Å². The molecule has 124 valence electrons. The fraction of sp³-hybridized carbons (Fsp3) is 0.133. The van der Waals surface area contributed by atoms with Gasteiger partial charge in [0.1, 0.15) is 11.0 Å². The number of nitrogens with zero attached hydrogens (tertiary/aromatic N) is 2. The Bertz CT molecular complexity index is 1010. The smallest absolute Gasteiger partial charge is 0.261 e. The Kier molecular flexibility index (Phi) is 4.20. The zero-order chi connectivity index (χ0) is 17.3. The van der Waals surface area contributed by atoms with Crippen LogP contribution in [0.1, 0.15) is 12.5 Å². The molecule has 0 fully saturated rings. The zero-order valence-corrected chi connectivity index (χ0v) is 14.5. The quantitative estimate of drug-likeness (QED) is 0.743. The highest BCUT2D eigenvalue weighted by atomic mass is 32.2. The molecule has 0 saturated heterocycles. The van der Waals surface area contributed by atoms with Gasteiger partial charge in [0.25, 0.3) is 10.0 Å². The summed E-state index contributed by atoms with van der Waals surface area (Å²) in [5, 5.41) is 2.59. The summed E-state index contributed by atoms with van der Waals surface area (Å²) in [7, 11) is -3.78. The molecule has 1 heterocycles. The first-order chi connectivity index (χ1) is 11.4. The summed E-state index contributed by atoms with van der Waals surface area (Å²) in [5.74, 6) is -0.220. The van der Waals surface area contributed by atoms with Crippen molar-refractivity contribution in [3.63, 3.8) is 0 Å². The number of anilines is 2. The van der Waals surface area contributed by atoms with Gasteiger partial charge >= 0.3 is 0 Å². The number of carbonyl (C=O) groups excluding carboxylic acids is 1. The van der Waals surface area contributed by atoms with Gasteiger partial charge in [-0.3, -0.25) is 9.52 Å². The predicted octanol–water partition coefficient (Wildman–Crippen LogP) is 2.76. The molecule has 0 bridgehead atoms. The van der Waals surface area contributed by atoms with E-state index >= 15 is 0 Å². The summed E-state index contributed by atoms with van der Waals surface area (Å²) in [4.78, 5) is 11.1. The number of hydrogen-bond acceptors (Lipinski definition) is 6. The van der Waals surface area contributed by atoms with E-state index in [4.69, 9.17) is 0 Å². The highest BCUT2D eigenvalue weighted by Crippen LogP contribution is 2.28. The molecule has 0 aliphatic carbocycles. The summed E-state index contributed by atoms with van der Waals surface area (Å²) in [5.41, 5.74) is 2.88. The maximum Gasteiger partial charge on any atom is 0.261 e. The number of sulfonamides is 1. The lowest BCUT2D eigenvalue weighted by Crippen LogP contribution is -2.14. The van der Waals surface area contributed by atoms with Crippen LogP contribution < -0.4 is 10.0 Å². The predicted molar refractivity (Wildman–Crippen MR) is 93.7 cm³/mol. The Labute approximate surface area is 143 Å². The molecule has 1 aromatic heterocycles. The number of carbonyl (C=O) groups is 1. The normalized spacial score (nSPS) is 11.4. The van der Waals surface area contributed by atoms with E-state index in [0.717, 1.165) is 17.3 Å². The Morgan fingerprint density at radius 2 is 1.79 bits per heavy atom. The van der Waals surface area contributed by atoms with Crippen LogP contribution in [0, 0.1) is 6.92 Å². The van der Waals surface area contributed by atoms with Crippen molar-refractivity contribution in [2.45, 2.75) is 18.7 Å². The topological polar surface area (TPSA) is 101 Å². The number of nitrogens with one attached hydrogen (secondary N) is 2. The first-order valence-electron chi connectivity index (χ1n) is 6.99. The summed E-state index contributed by atoms with van der Waals surface area (Å²) < 4.78 is 36.1. The molecule has 2 N–H and O–H groups in total. The summed E-state index contributed by atoms with van der Waals surface area (Å²) in [6, 6.07) is 9.53. The molecule has 1 amide bonds. The van der Waals surface area contributed by atoms with Crippen LogP contribution in [0.3, 0.4) is 0 Å². The molecule has 9 heteroatoms. The van der Waals surface area contributed by atoms with Gasteiger partial charge in [0.15, 0.2) is 0 Å². The summed E-state index contributed by atoms with van der Waals surface area (Å²) >= 11 is 1.03. The number of hydrogen-bond donors (Lipinski definition) is 2. The SMILES string of the molecule is CC(=O)Nc1ccc(S(=O)(=O)Nc2c(C)ccc3nsnc23)cc1. The van der Waals surface area contributed by atoms with E-state index in [1.165, 1.54) is 31.2 Å². The van der Waals surface area contributed by atoms with Gasteiger partial charge in [-0.15, -0.1) is 0 Å². The summed E-state index contributed by atoms with van der Waals surface area (Å²) in [6.07, 6.45) is 0. The first kappa shape index (κ1) is 16.3. The fourth-order valence-electron chi connectivity index (χ4n) is 2.20. The van der Waals surface area contributed by atoms with Crippen molar-refractivity contribution < 1.29 is 13.2 Å². The lowest BCUT2D eigenvalue weighted by Gasteiger charge is -2.11. The maximum atomic E-state index is 12.6. The van der Waals surface area contributed by atoms with Gasteiger partial charge in [0, 0.05) is 12.6 Å². The standard InChI is InChI=1S/C15H14N4O3S2/c1-9-3-8-13-15(18-23-17-13)14(9)19-24(21,22)12-6-4-11(5-7-12)16-10(2)20/h3-8,19H,1-2H3,(H,16,20). The lowest BCUT2D eigenvalue weighted by atomic mass is 10.2. The molecule has 0 radical (unpaired) electrons. The molecule has 0 unspecified atom stereocenters. The maximum absolute atomic E-state index is 12.6. The van der Waals surface area contributed by atoms with E-state index in [1.54, 1.807) is 19.1 Å². The van der Waals surface area contributed by atoms with E-state index < -0.39 is 10.0 Å². The largest absolute Gasteiger partial charge is 0.326 e. The molecule has 0 aliphatic heterocycles. The Morgan fingerprint density at radius 1 is 1.08 bits per heavy atom. The number of fused-ring (bicyclic) bond motifs is 1. The van der Waals surface area contributed by atoms with Crippen LogP contribution in [-0.4, -0.2) is 23.1 Å². The molecule has 24 heavy (non-hydrogen) atoms. The van der Waals surface area contributed by atoms with Crippen molar-refractivity contribution in [2.24, 2.45) is 0 Å². The second kappa shape index (κ2) is 6.17. The second-order valence-corrected chi connectivity index (χ2v) is 7.41. The molecule has 0 saturated carbocycles. The van der Waals surface area contributed by atoms with Crippen molar-refractivity contribution in [3.8, 4) is 0 Å². The van der Waals surface area contributed by atoms with Crippen LogP contribution in [0.25, 0.3) is 11.0 Å². The number of aromatic nitrogens is 2. The number of benzene rings is 2.